The maximum Gasteiger partial charge on any atom is 0.270 e. The van der Waals surface area contributed by atoms with Crippen molar-refractivity contribution in [2.24, 2.45) is 0 Å². The molecule has 0 unspecified atom stereocenters. The van der Waals surface area contributed by atoms with E-state index in [9.17, 15) is 13.2 Å². The van der Waals surface area contributed by atoms with Crippen molar-refractivity contribution in [2.75, 3.05) is 5.32 Å². The first-order chi connectivity index (χ1) is 11.4. The van der Waals surface area contributed by atoms with Crippen molar-refractivity contribution in [2.45, 2.75) is 44.0 Å². The third-order valence-electron chi connectivity index (χ3n) is 3.48. The third kappa shape index (κ3) is 4.59. The van der Waals surface area contributed by atoms with E-state index in [1.54, 1.807) is 12.1 Å². The van der Waals surface area contributed by atoms with Gasteiger partial charge in [0.15, 0.2) is 0 Å². The molecule has 0 aliphatic rings. The van der Waals surface area contributed by atoms with E-state index in [-0.39, 0.29) is 21.4 Å². The average molecular weight is 368 g/mol. The molecular weight excluding hydrogens is 348 g/mol. The lowest BCUT2D eigenvalue weighted by molar-refractivity contribution is 0.102. The minimum absolute atomic E-state index is 0.144. The van der Waals surface area contributed by atoms with Gasteiger partial charge in [-0.2, -0.15) is 0 Å². The van der Waals surface area contributed by atoms with E-state index in [0.717, 1.165) is 16.9 Å². The van der Waals surface area contributed by atoms with Crippen molar-refractivity contribution in [1.29, 1.82) is 0 Å². The second-order valence-corrected chi connectivity index (χ2v) is 8.19. The quantitative estimate of drug-likeness (QED) is 0.732. The summed E-state index contributed by atoms with van der Waals surface area (Å²) < 4.78 is 26.9. The molecule has 1 heterocycles. The second kappa shape index (κ2) is 7.82. The van der Waals surface area contributed by atoms with Crippen LogP contribution in [0, 0.1) is 6.92 Å². The first-order valence-corrected chi connectivity index (χ1v) is 9.89. The van der Waals surface area contributed by atoms with E-state index in [0.29, 0.717) is 18.4 Å². The largest absolute Gasteiger partial charge is 0.296 e. The second-order valence-electron chi connectivity index (χ2n) is 5.33. The average Bonchev–Trinajstić information content (AvgIpc) is 3.02. The minimum Gasteiger partial charge on any atom is -0.296 e. The molecule has 1 amide bonds. The van der Waals surface area contributed by atoms with E-state index in [4.69, 9.17) is 0 Å². The van der Waals surface area contributed by atoms with Crippen LogP contribution in [-0.2, 0) is 10.0 Å². The van der Waals surface area contributed by atoms with Crippen molar-refractivity contribution in [3.63, 3.8) is 0 Å². The zero-order valence-corrected chi connectivity index (χ0v) is 15.4. The molecule has 1 aromatic heterocycles. The number of carbonyl (C=O) groups is 1. The molecule has 9 heteroatoms. The number of anilines is 1. The van der Waals surface area contributed by atoms with E-state index in [2.05, 4.69) is 20.2 Å². The van der Waals surface area contributed by atoms with Gasteiger partial charge in [0.25, 0.3) is 15.9 Å². The van der Waals surface area contributed by atoms with Gasteiger partial charge < -0.3 is 0 Å². The summed E-state index contributed by atoms with van der Waals surface area (Å²) in [5, 5.41) is 10.1. The fourth-order valence-electron chi connectivity index (χ4n) is 1.97. The molecule has 1 aromatic carbocycles. The molecule has 130 valence electrons. The molecule has 2 N–H and O–H groups in total. The number of amides is 1. The Hall–Kier alpha value is -1.84. The van der Waals surface area contributed by atoms with Crippen LogP contribution in [0.4, 0.5) is 5.13 Å². The lowest BCUT2D eigenvalue weighted by Gasteiger charge is -2.12. The van der Waals surface area contributed by atoms with Crippen LogP contribution in [0.25, 0.3) is 0 Å². The molecule has 24 heavy (non-hydrogen) atoms. The number of nitrogens with one attached hydrogen (secondary N) is 2. The first-order valence-electron chi connectivity index (χ1n) is 7.59. The Morgan fingerprint density at radius 2 is 1.79 bits per heavy atom. The monoisotopic (exact) mass is 368 g/mol. The molecule has 0 saturated carbocycles. The summed E-state index contributed by atoms with van der Waals surface area (Å²) in [5.41, 5.74) is 1.51. The number of aryl methyl sites for hydroxylation is 1. The molecule has 0 aliphatic carbocycles. The molecule has 7 nitrogen and oxygen atoms in total. The van der Waals surface area contributed by atoms with Crippen LogP contribution >= 0.6 is 11.3 Å². The summed E-state index contributed by atoms with van der Waals surface area (Å²) in [6, 6.07) is 6.88. The van der Waals surface area contributed by atoms with Gasteiger partial charge in [-0.1, -0.05) is 42.9 Å². The molecule has 0 fully saturated rings. The van der Waals surface area contributed by atoms with Crippen LogP contribution < -0.4 is 10.0 Å². The van der Waals surface area contributed by atoms with Gasteiger partial charge in [-0.25, -0.2) is 13.1 Å². The number of benzene rings is 1. The van der Waals surface area contributed by atoms with Gasteiger partial charge in [0, 0.05) is 11.6 Å². The van der Waals surface area contributed by atoms with Crippen LogP contribution in [0.3, 0.4) is 0 Å². The molecule has 0 aliphatic heterocycles. The van der Waals surface area contributed by atoms with Gasteiger partial charge in [0.05, 0.1) is 0 Å². The summed E-state index contributed by atoms with van der Waals surface area (Å²) in [5.74, 6) is -0.358. The fraction of sp³-hybridized carbons (Fsp3) is 0.400. The Labute approximate surface area is 145 Å². The minimum atomic E-state index is -3.73. The highest BCUT2D eigenvalue weighted by Gasteiger charge is 2.23. The Morgan fingerprint density at radius 3 is 2.38 bits per heavy atom. The Kier molecular flexibility index (Phi) is 6.03. The lowest BCUT2D eigenvalue weighted by Crippen LogP contribution is -2.33. The van der Waals surface area contributed by atoms with E-state index in [1.165, 1.54) is 0 Å². The fourth-order valence-corrected chi connectivity index (χ4v) is 4.28. The number of nitrogens with zero attached hydrogens (tertiary/aromatic N) is 2. The highest BCUT2D eigenvalue weighted by Crippen LogP contribution is 2.21. The lowest BCUT2D eigenvalue weighted by atomic mass is 10.1. The number of rotatable bonds is 7. The van der Waals surface area contributed by atoms with Gasteiger partial charge in [-0.05, 0) is 31.9 Å². The maximum absolute atomic E-state index is 12.3. The van der Waals surface area contributed by atoms with E-state index >= 15 is 0 Å². The van der Waals surface area contributed by atoms with Crippen LogP contribution in [-0.4, -0.2) is 30.6 Å². The Bertz CT molecular complexity index is 796. The number of carbonyl (C=O) groups excluding carboxylic acids is 1. The van der Waals surface area contributed by atoms with Crippen molar-refractivity contribution in [1.82, 2.24) is 14.9 Å². The van der Waals surface area contributed by atoms with Gasteiger partial charge in [0.2, 0.25) is 9.47 Å². The van der Waals surface area contributed by atoms with Gasteiger partial charge in [0.1, 0.15) is 0 Å². The van der Waals surface area contributed by atoms with Crippen LogP contribution in [0.5, 0.6) is 0 Å². The number of hydrogen-bond acceptors (Lipinski definition) is 6. The standard InChI is InChI=1S/C15H20N4O3S2/c1-4-12(5-2)19-24(21,22)15-18-17-14(23-15)16-13(20)11-8-6-10(3)7-9-11/h6-9,12,19H,4-5H2,1-3H3,(H,16,17,20). The summed E-state index contributed by atoms with van der Waals surface area (Å²) in [4.78, 5) is 12.1. The molecule has 0 radical (unpaired) electrons. The van der Waals surface area contributed by atoms with Crippen LogP contribution in [0.1, 0.15) is 42.6 Å². The molecular formula is C15H20N4O3S2. The molecule has 0 bridgehead atoms. The van der Waals surface area contributed by atoms with E-state index < -0.39 is 10.0 Å². The molecule has 0 saturated heterocycles. The predicted octanol–water partition coefficient (Wildman–Crippen LogP) is 2.57. The zero-order chi connectivity index (χ0) is 17.7. The third-order valence-corrected chi connectivity index (χ3v) is 6.20. The highest BCUT2D eigenvalue weighted by atomic mass is 32.2. The Morgan fingerprint density at radius 1 is 1.17 bits per heavy atom. The number of hydrogen-bond donors (Lipinski definition) is 2. The highest BCUT2D eigenvalue weighted by molar-refractivity contribution is 7.91. The normalized spacial score (nSPS) is 11.7. The van der Waals surface area contributed by atoms with Crippen molar-refractivity contribution in [3.05, 3.63) is 35.4 Å². The summed E-state index contributed by atoms with van der Waals surface area (Å²) >= 11 is 0.824. The van der Waals surface area contributed by atoms with Crippen molar-refractivity contribution < 1.29 is 13.2 Å². The van der Waals surface area contributed by atoms with Gasteiger partial charge >= 0.3 is 0 Å². The van der Waals surface area contributed by atoms with Crippen LogP contribution in [0.15, 0.2) is 28.6 Å². The predicted molar refractivity (Wildman–Crippen MR) is 93.7 cm³/mol. The molecule has 0 spiro atoms. The van der Waals surface area contributed by atoms with E-state index in [1.807, 2.05) is 32.9 Å². The number of aromatic nitrogens is 2. The molecule has 0 atom stereocenters. The first kappa shape index (κ1) is 18.5. The summed E-state index contributed by atoms with van der Waals surface area (Å²) in [7, 11) is -3.73. The Balaban J connectivity index is 2.10. The molecule has 2 rings (SSSR count). The summed E-state index contributed by atoms with van der Waals surface area (Å²) in [6.45, 7) is 5.74. The van der Waals surface area contributed by atoms with Gasteiger partial charge in [-0.15, -0.1) is 10.2 Å². The van der Waals surface area contributed by atoms with Crippen LogP contribution in [0.2, 0.25) is 0 Å². The maximum atomic E-state index is 12.3. The van der Waals surface area contributed by atoms with Crippen molar-refractivity contribution >= 4 is 32.4 Å². The SMILES string of the molecule is CCC(CC)NS(=O)(=O)c1nnc(NC(=O)c2ccc(C)cc2)s1. The summed E-state index contributed by atoms with van der Waals surface area (Å²) in [6.07, 6.45) is 1.37. The molecule has 2 aromatic rings. The number of sulfonamides is 1. The van der Waals surface area contributed by atoms with Crippen molar-refractivity contribution in [3.8, 4) is 0 Å². The van der Waals surface area contributed by atoms with Gasteiger partial charge in [-0.3, -0.25) is 10.1 Å². The zero-order valence-electron chi connectivity index (χ0n) is 13.7. The topological polar surface area (TPSA) is 101 Å². The smallest absolute Gasteiger partial charge is 0.270 e.